The van der Waals surface area contributed by atoms with Crippen LogP contribution in [0.1, 0.15) is 44.6 Å². The van der Waals surface area contributed by atoms with Crippen molar-refractivity contribution >= 4 is 5.95 Å². The maximum absolute atomic E-state index is 4.63. The molecule has 0 fully saturated rings. The van der Waals surface area contributed by atoms with E-state index in [1.165, 1.54) is 5.56 Å². The summed E-state index contributed by atoms with van der Waals surface area (Å²) < 4.78 is 0. The molecule has 0 aromatic carbocycles. The van der Waals surface area contributed by atoms with Crippen molar-refractivity contribution < 1.29 is 0 Å². The van der Waals surface area contributed by atoms with Crippen LogP contribution in [-0.2, 0) is 6.54 Å². The number of nitrogens with one attached hydrogen (secondary N) is 1. The normalized spacial score (nSPS) is 11.1. The number of anilines is 1. The average Bonchev–Trinajstić information content (AvgIpc) is 2.29. The van der Waals surface area contributed by atoms with Crippen molar-refractivity contribution in [3.8, 4) is 0 Å². The zero-order valence-electron chi connectivity index (χ0n) is 12.5. The third kappa shape index (κ3) is 3.67. The van der Waals surface area contributed by atoms with E-state index in [1.807, 2.05) is 0 Å². The first kappa shape index (κ1) is 14.9. The summed E-state index contributed by atoms with van der Waals surface area (Å²) in [4.78, 5) is 11.4. The van der Waals surface area contributed by atoms with Gasteiger partial charge in [-0.15, -0.1) is 0 Å². The second kappa shape index (κ2) is 6.69. The van der Waals surface area contributed by atoms with E-state index >= 15 is 0 Å². The number of nitrogens with zero attached hydrogens (tertiary/aromatic N) is 3. The number of hydrogen-bond acceptors (Lipinski definition) is 4. The minimum absolute atomic E-state index is 0.478. The van der Waals surface area contributed by atoms with E-state index < -0.39 is 0 Å². The molecule has 0 aliphatic heterocycles. The van der Waals surface area contributed by atoms with Gasteiger partial charge in [0.15, 0.2) is 0 Å². The van der Waals surface area contributed by atoms with Crippen molar-refractivity contribution in [2.24, 2.45) is 0 Å². The first-order valence-electron chi connectivity index (χ1n) is 6.82. The van der Waals surface area contributed by atoms with Crippen LogP contribution in [0.15, 0.2) is 0 Å². The highest BCUT2D eigenvalue weighted by Crippen LogP contribution is 2.15. The molecule has 0 bridgehead atoms. The van der Waals surface area contributed by atoms with Gasteiger partial charge in [0, 0.05) is 42.6 Å². The van der Waals surface area contributed by atoms with Crippen LogP contribution >= 0.6 is 0 Å². The van der Waals surface area contributed by atoms with Crippen LogP contribution in [-0.4, -0.2) is 29.1 Å². The minimum atomic E-state index is 0.478. The van der Waals surface area contributed by atoms with Gasteiger partial charge in [-0.05, 0) is 27.7 Å². The van der Waals surface area contributed by atoms with E-state index in [0.29, 0.717) is 6.04 Å². The quantitative estimate of drug-likeness (QED) is 0.842. The van der Waals surface area contributed by atoms with Gasteiger partial charge in [-0.1, -0.05) is 13.8 Å². The summed E-state index contributed by atoms with van der Waals surface area (Å²) in [5, 5.41) is 3.43. The van der Waals surface area contributed by atoms with Crippen molar-refractivity contribution in [3.05, 3.63) is 17.0 Å². The predicted octanol–water partition coefficient (Wildman–Crippen LogP) is 2.44. The summed E-state index contributed by atoms with van der Waals surface area (Å²) >= 11 is 0. The largest absolute Gasteiger partial charge is 0.341 e. The summed E-state index contributed by atoms with van der Waals surface area (Å²) in [6.45, 7) is 15.4. The lowest BCUT2D eigenvalue weighted by atomic mass is 10.1. The molecular weight excluding hydrogens is 224 g/mol. The van der Waals surface area contributed by atoms with E-state index in [9.17, 15) is 0 Å². The van der Waals surface area contributed by atoms with Gasteiger partial charge in [-0.25, -0.2) is 9.97 Å². The average molecular weight is 250 g/mol. The molecule has 0 atom stereocenters. The van der Waals surface area contributed by atoms with Gasteiger partial charge in [0.1, 0.15) is 0 Å². The number of aryl methyl sites for hydroxylation is 2. The van der Waals surface area contributed by atoms with Crippen molar-refractivity contribution in [1.82, 2.24) is 15.3 Å². The van der Waals surface area contributed by atoms with Crippen LogP contribution in [0.2, 0.25) is 0 Å². The fraction of sp³-hybridized carbons (Fsp3) is 0.714. The summed E-state index contributed by atoms with van der Waals surface area (Å²) in [6.07, 6.45) is 0. The smallest absolute Gasteiger partial charge is 0.225 e. The van der Waals surface area contributed by atoms with E-state index in [4.69, 9.17) is 0 Å². The highest BCUT2D eigenvalue weighted by Gasteiger charge is 2.11. The molecule has 1 heterocycles. The fourth-order valence-corrected chi connectivity index (χ4v) is 1.93. The molecule has 4 nitrogen and oxygen atoms in total. The molecule has 0 saturated heterocycles. The first-order valence-corrected chi connectivity index (χ1v) is 6.82. The molecule has 0 amide bonds. The van der Waals surface area contributed by atoms with Crippen molar-refractivity contribution in [2.45, 2.75) is 54.1 Å². The molecule has 0 unspecified atom stereocenters. The van der Waals surface area contributed by atoms with Gasteiger partial charge in [-0.3, -0.25) is 0 Å². The van der Waals surface area contributed by atoms with E-state index in [0.717, 1.165) is 37.0 Å². The Morgan fingerprint density at radius 3 is 1.94 bits per heavy atom. The van der Waals surface area contributed by atoms with Crippen molar-refractivity contribution in [2.75, 3.05) is 18.0 Å². The molecule has 0 aliphatic rings. The maximum atomic E-state index is 4.63. The summed E-state index contributed by atoms with van der Waals surface area (Å²) in [5.41, 5.74) is 3.38. The van der Waals surface area contributed by atoms with Gasteiger partial charge in [0.2, 0.25) is 5.95 Å². The van der Waals surface area contributed by atoms with Gasteiger partial charge in [0.25, 0.3) is 0 Å². The second-order valence-electron chi connectivity index (χ2n) is 4.88. The molecule has 1 aromatic heterocycles. The Labute approximate surface area is 111 Å². The SMILES string of the molecule is CCN(CC)c1nc(C)c(CNC(C)C)c(C)n1. The van der Waals surface area contributed by atoms with E-state index in [1.54, 1.807) is 0 Å². The van der Waals surface area contributed by atoms with Gasteiger partial charge < -0.3 is 10.2 Å². The topological polar surface area (TPSA) is 41.1 Å². The number of hydrogen-bond donors (Lipinski definition) is 1. The molecule has 1 N–H and O–H groups in total. The van der Waals surface area contributed by atoms with Crippen LogP contribution in [0, 0.1) is 13.8 Å². The van der Waals surface area contributed by atoms with Crippen LogP contribution in [0.25, 0.3) is 0 Å². The van der Waals surface area contributed by atoms with E-state index in [-0.39, 0.29) is 0 Å². The Balaban J connectivity index is 2.96. The Bertz CT molecular complexity index is 360. The molecule has 0 aliphatic carbocycles. The van der Waals surface area contributed by atoms with Gasteiger partial charge >= 0.3 is 0 Å². The zero-order chi connectivity index (χ0) is 13.7. The molecular formula is C14H26N4. The lowest BCUT2D eigenvalue weighted by Crippen LogP contribution is -2.27. The Morgan fingerprint density at radius 2 is 1.56 bits per heavy atom. The number of rotatable bonds is 6. The molecule has 18 heavy (non-hydrogen) atoms. The standard InChI is InChI=1S/C14H26N4/c1-7-18(8-2)14-16-11(5)13(12(6)17-14)9-15-10(3)4/h10,15H,7-9H2,1-6H3. The predicted molar refractivity (Wildman–Crippen MR) is 77.0 cm³/mol. The number of aromatic nitrogens is 2. The van der Waals surface area contributed by atoms with Crippen LogP contribution in [0.5, 0.6) is 0 Å². The summed E-state index contributed by atoms with van der Waals surface area (Å²) in [7, 11) is 0. The zero-order valence-corrected chi connectivity index (χ0v) is 12.5. The van der Waals surface area contributed by atoms with Crippen molar-refractivity contribution in [3.63, 3.8) is 0 Å². The summed E-state index contributed by atoms with van der Waals surface area (Å²) in [6, 6.07) is 0.478. The molecule has 1 rings (SSSR count). The van der Waals surface area contributed by atoms with Gasteiger partial charge in [-0.2, -0.15) is 0 Å². The minimum Gasteiger partial charge on any atom is -0.341 e. The third-order valence-electron chi connectivity index (χ3n) is 3.14. The Morgan fingerprint density at radius 1 is 1.06 bits per heavy atom. The molecule has 0 radical (unpaired) electrons. The lowest BCUT2D eigenvalue weighted by molar-refractivity contribution is 0.582. The molecule has 0 spiro atoms. The van der Waals surface area contributed by atoms with Crippen LogP contribution < -0.4 is 10.2 Å². The van der Waals surface area contributed by atoms with Crippen LogP contribution in [0.4, 0.5) is 5.95 Å². The van der Waals surface area contributed by atoms with Crippen LogP contribution in [0.3, 0.4) is 0 Å². The molecule has 1 aromatic rings. The fourth-order valence-electron chi connectivity index (χ4n) is 1.93. The van der Waals surface area contributed by atoms with E-state index in [2.05, 4.69) is 61.7 Å². The highest BCUT2D eigenvalue weighted by molar-refractivity contribution is 5.36. The maximum Gasteiger partial charge on any atom is 0.225 e. The first-order chi connectivity index (χ1) is 8.49. The molecule has 102 valence electrons. The van der Waals surface area contributed by atoms with Crippen molar-refractivity contribution in [1.29, 1.82) is 0 Å². The molecule has 0 saturated carbocycles. The Hall–Kier alpha value is -1.16. The molecule has 4 heteroatoms. The third-order valence-corrected chi connectivity index (χ3v) is 3.14. The van der Waals surface area contributed by atoms with Gasteiger partial charge in [0.05, 0.1) is 0 Å². The lowest BCUT2D eigenvalue weighted by Gasteiger charge is -2.21. The second-order valence-corrected chi connectivity index (χ2v) is 4.88. The Kier molecular flexibility index (Phi) is 5.54. The highest BCUT2D eigenvalue weighted by atomic mass is 15.2. The summed E-state index contributed by atoms with van der Waals surface area (Å²) in [5.74, 6) is 0.850. The monoisotopic (exact) mass is 250 g/mol.